The van der Waals surface area contributed by atoms with Crippen molar-refractivity contribution in [1.82, 2.24) is 0 Å². The van der Waals surface area contributed by atoms with Crippen molar-refractivity contribution in [1.29, 1.82) is 0 Å². The molecular weight excluding hydrogens is 362 g/mol. The van der Waals surface area contributed by atoms with E-state index >= 15 is 0 Å². The molecule has 2 heterocycles. The zero-order valence-corrected chi connectivity index (χ0v) is 15.7. The number of aryl methyl sites for hydroxylation is 1. The Morgan fingerprint density at radius 3 is 2.63 bits per heavy atom. The minimum atomic E-state index is -0.502. The van der Waals surface area contributed by atoms with Crippen LogP contribution in [0.25, 0.3) is 0 Å². The normalized spacial score (nSPS) is 19.0. The lowest BCUT2D eigenvalue weighted by Crippen LogP contribution is -2.28. The molecule has 2 aromatic rings. The number of carbonyl (C=O) groups excluding carboxylic acids is 3. The summed E-state index contributed by atoms with van der Waals surface area (Å²) in [4.78, 5) is 39.9. The molecule has 3 N–H and O–H groups in total. The summed E-state index contributed by atoms with van der Waals surface area (Å²) in [7, 11) is 0. The van der Waals surface area contributed by atoms with Crippen molar-refractivity contribution in [2.75, 3.05) is 16.8 Å². The first-order valence-corrected chi connectivity index (χ1v) is 9.97. The number of rotatable bonds is 4. The molecule has 1 unspecified atom stereocenters. The van der Waals surface area contributed by atoms with Gasteiger partial charge in [0.15, 0.2) is 0 Å². The Morgan fingerprint density at radius 2 is 1.89 bits per heavy atom. The van der Waals surface area contributed by atoms with E-state index in [1.54, 1.807) is 4.90 Å². The molecule has 1 atom stereocenters. The Bertz CT molecular complexity index is 907. The molecule has 6 nitrogen and oxygen atoms in total. The van der Waals surface area contributed by atoms with E-state index in [2.05, 4.69) is 5.32 Å². The SMILES string of the molecule is NC(=O)c1c(NC(=O)C2CC(=O)N(c3ccccc3)C2)sc2c1CCCC2. The van der Waals surface area contributed by atoms with Gasteiger partial charge in [-0.15, -0.1) is 11.3 Å². The molecule has 1 aliphatic heterocycles. The predicted molar refractivity (Wildman–Crippen MR) is 105 cm³/mol. The first-order valence-electron chi connectivity index (χ1n) is 9.15. The summed E-state index contributed by atoms with van der Waals surface area (Å²) in [5.41, 5.74) is 7.82. The number of carbonyl (C=O) groups is 3. The van der Waals surface area contributed by atoms with Crippen molar-refractivity contribution in [3.63, 3.8) is 0 Å². The van der Waals surface area contributed by atoms with E-state index in [0.29, 0.717) is 17.1 Å². The van der Waals surface area contributed by atoms with Crippen LogP contribution in [-0.4, -0.2) is 24.3 Å². The minimum Gasteiger partial charge on any atom is -0.365 e. The predicted octanol–water partition coefficient (Wildman–Crippen LogP) is 2.72. The molecule has 4 rings (SSSR count). The number of hydrogen-bond donors (Lipinski definition) is 2. The van der Waals surface area contributed by atoms with Gasteiger partial charge in [-0.05, 0) is 43.4 Å². The van der Waals surface area contributed by atoms with Gasteiger partial charge < -0.3 is 16.0 Å². The Labute approximate surface area is 161 Å². The van der Waals surface area contributed by atoms with Crippen molar-refractivity contribution in [3.05, 3.63) is 46.3 Å². The minimum absolute atomic E-state index is 0.0676. The fraction of sp³-hybridized carbons (Fsp3) is 0.350. The second kappa shape index (κ2) is 7.15. The Hall–Kier alpha value is -2.67. The molecule has 1 aromatic heterocycles. The van der Waals surface area contributed by atoms with Gasteiger partial charge in [0.1, 0.15) is 5.00 Å². The smallest absolute Gasteiger partial charge is 0.251 e. The third-order valence-electron chi connectivity index (χ3n) is 5.22. The summed E-state index contributed by atoms with van der Waals surface area (Å²) in [6.45, 7) is 0.339. The largest absolute Gasteiger partial charge is 0.365 e. The average molecular weight is 383 g/mol. The number of benzene rings is 1. The van der Waals surface area contributed by atoms with Crippen LogP contribution < -0.4 is 16.0 Å². The molecule has 3 amide bonds. The van der Waals surface area contributed by atoms with Crippen molar-refractivity contribution in [2.24, 2.45) is 11.7 Å². The fourth-order valence-electron chi connectivity index (χ4n) is 3.87. The van der Waals surface area contributed by atoms with E-state index in [0.717, 1.165) is 41.8 Å². The maximum Gasteiger partial charge on any atom is 0.251 e. The Balaban J connectivity index is 1.53. The van der Waals surface area contributed by atoms with E-state index in [1.165, 1.54) is 11.3 Å². The third kappa shape index (κ3) is 3.35. The van der Waals surface area contributed by atoms with Crippen LogP contribution in [0.4, 0.5) is 10.7 Å². The molecule has 0 radical (unpaired) electrons. The number of thiophene rings is 1. The highest BCUT2D eigenvalue weighted by Crippen LogP contribution is 2.38. The molecule has 140 valence electrons. The van der Waals surface area contributed by atoms with Gasteiger partial charge in [-0.3, -0.25) is 14.4 Å². The lowest BCUT2D eigenvalue weighted by molar-refractivity contribution is -0.122. The third-order valence-corrected chi connectivity index (χ3v) is 6.43. The highest BCUT2D eigenvalue weighted by molar-refractivity contribution is 7.17. The van der Waals surface area contributed by atoms with Crippen LogP contribution in [0.1, 0.15) is 40.1 Å². The van der Waals surface area contributed by atoms with Gasteiger partial charge in [0, 0.05) is 23.5 Å². The van der Waals surface area contributed by atoms with Crippen molar-refractivity contribution < 1.29 is 14.4 Å². The van der Waals surface area contributed by atoms with E-state index < -0.39 is 11.8 Å². The first-order chi connectivity index (χ1) is 13.0. The number of primary amides is 1. The maximum atomic E-state index is 12.8. The number of nitrogens with zero attached hydrogens (tertiary/aromatic N) is 1. The van der Waals surface area contributed by atoms with Gasteiger partial charge >= 0.3 is 0 Å². The molecule has 27 heavy (non-hydrogen) atoms. The number of fused-ring (bicyclic) bond motifs is 1. The summed E-state index contributed by atoms with van der Waals surface area (Å²) in [6, 6.07) is 9.34. The van der Waals surface area contributed by atoms with Gasteiger partial charge in [0.25, 0.3) is 5.91 Å². The van der Waals surface area contributed by atoms with Gasteiger partial charge in [0.05, 0.1) is 11.5 Å². The quantitative estimate of drug-likeness (QED) is 0.850. The van der Waals surface area contributed by atoms with E-state index in [1.807, 2.05) is 30.3 Å². The van der Waals surface area contributed by atoms with Crippen molar-refractivity contribution in [3.8, 4) is 0 Å². The van der Waals surface area contributed by atoms with Crippen LogP contribution in [-0.2, 0) is 22.4 Å². The zero-order chi connectivity index (χ0) is 19.0. The highest BCUT2D eigenvalue weighted by Gasteiger charge is 2.36. The number of nitrogens with two attached hydrogens (primary N) is 1. The van der Waals surface area contributed by atoms with Crippen LogP contribution in [0.5, 0.6) is 0 Å². The van der Waals surface area contributed by atoms with E-state index in [4.69, 9.17) is 5.73 Å². The summed E-state index contributed by atoms with van der Waals surface area (Å²) in [6.07, 6.45) is 4.02. The monoisotopic (exact) mass is 383 g/mol. The summed E-state index contributed by atoms with van der Waals surface area (Å²) < 4.78 is 0. The molecular formula is C20H21N3O3S. The molecule has 1 aliphatic carbocycles. The number of hydrogen-bond acceptors (Lipinski definition) is 4. The standard InChI is InChI=1S/C20H21N3O3S/c21-18(25)17-14-8-4-5-9-15(14)27-20(17)22-19(26)12-10-16(24)23(11-12)13-6-2-1-3-7-13/h1-3,6-7,12H,4-5,8-11H2,(H2,21,25)(H,22,26). The summed E-state index contributed by atoms with van der Waals surface area (Å²) in [5.74, 6) is -1.25. The van der Waals surface area contributed by atoms with E-state index in [9.17, 15) is 14.4 Å². The fourth-order valence-corrected chi connectivity index (χ4v) is 5.17. The van der Waals surface area contributed by atoms with E-state index in [-0.39, 0.29) is 18.2 Å². The molecule has 0 bridgehead atoms. The topological polar surface area (TPSA) is 92.5 Å². The lowest BCUT2D eigenvalue weighted by Gasteiger charge is -2.16. The summed E-state index contributed by atoms with van der Waals surface area (Å²) in [5, 5.41) is 3.42. The van der Waals surface area contributed by atoms with Gasteiger partial charge in [-0.25, -0.2) is 0 Å². The number of amides is 3. The molecule has 0 spiro atoms. The molecule has 1 saturated heterocycles. The van der Waals surface area contributed by atoms with Crippen molar-refractivity contribution in [2.45, 2.75) is 32.1 Å². The molecule has 1 aromatic carbocycles. The van der Waals surface area contributed by atoms with Crippen LogP contribution in [0.2, 0.25) is 0 Å². The second-order valence-electron chi connectivity index (χ2n) is 7.01. The summed E-state index contributed by atoms with van der Waals surface area (Å²) >= 11 is 1.44. The van der Waals surface area contributed by atoms with Crippen LogP contribution in [0.3, 0.4) is 0 Å². The molecule has 7 heteroatoms. The van der Waals surface area contributed by atoms with Gasteiger partial charge in [0.2, 0.25) is 11.8 Å². The zero-order valence-electron chi connectivity index (χ0n) is 14.9. The lowest BCUT2D eigenvalue weighted by atomic mass is 9.95. The molecule has 2 aliphatic rings. The average Bonchev–Trinajstić information content (AvgIpc) is 3.22. The number of para-hydroxylation sites is 1. The van der Waals surface area contributed by atoms with Crippen molar-refractivity contribution >= 4 is 39.7 Å². The highest BCUT2D eigenvalue weighted by atomic mass is 32.1. The number of anilines is 2. The van der Waals surface area contributed by atoms with Gasteiger partial charge in [-0.2, -0.15) is 0 Å². The van der Waals surface area contributed by atoms with Crippen LogP contribution in [0, 0.1) is 5.92 Å². The Morgan fingerprint density at radius 1 is 1.15 bits per heavy atom. The molecule has 1 fully saturated rings. The van der Waals surface area contributed by atoms with Gasteiger partial charge in [-0.1, -0.05) is 18.2 Å². The van der Waals surface area contributed by atoms with Crippen LogP contribution >= 0.6 is 11.3 Å². The van der Waals surface area contributed by atoms with Crippen LogP contribution in [0.15, 0.2) is 30.3 Å². The maximum absolute atomic E-state index is 12.8. The molecule has 0 saturated carbocycles. The Kier molecular flexibility index (Phi) is 4.70. The number of nitrogens with one attached hydrogen (secondary N) is 1. The second-order valence-corrected chi connectivity index (χ2v) is 8.11. The first kappa shape index (κ1) is 17.7.